The predicted octanol–water partition coefficient (Wildman–Crippen LogP) is 0.571. The molecule has 0 radical (unpaired) electrons. The van der Waals surface area contributed by atoms with E-state index in [9.17, 15) is 0 Å². The van der Waals surface area contributed by atoms with Crippen LogP contribution in [-0.4, -0.2) is 24.7 Å². The zero-order valence-corrected chi connectivity index (χ0v) is 6.31. The van der Waals surface area contributed by atoms with Gasteiger partial charge in [0.05, 0.1) is 0 Å². The molecule has 1 heterocycles. The summed E-state index contributed by atoms with van der Waals surface area (Å²) in [6.07, 6.45) is 1.94. The topological polar surface area (TPSA) is 24.5 Å². The molecule has 0 bridgehead atoms. The SMILES string of the molecule is CNN1C=CSC1OC. The minimum Gasteiger partial charge on any atom is -0.351 e. The van der Waals surface area contributed by atoms with Crippen molar-refractivity contribution < 1.29 is 4.74 Å². The summed E-state index contributed by atoms with van der Waals surface area (Å²) < 4.78 is 5.08. The van der Waals surface area contributed by atoms with E-state index >= 15 is 0 Å². The lowest BCUT2D eigenvalue weighted by Gasteiger charge is -2.21. The first-order valence-corrected chi connectivity index (χ1v) is 3.63. The first kappa shape index (κ1) is 6.92. The van der Waals surface area contributed by atoms with Gasteiger partial charge in [-0.3, -0.25) is 5.01 Å². The Bertz CT molecular complexity index is 118. The molecule has 1 N–H and O–H groups in total. The Kier molecular flexibility index (Phi) is 2.38. The zero-order chi connectivity index (χ0) is 6.69. The van der Waals surface area contributed by atoms with Crippen LogP contribution in [0.25, 0.3) is 0 Å². The third-order valence-corrected chi connectivity index (χ3v) is 2.03. The second-order valence-electron chi connectivity index (χ2n) is 1.59. The van der Waals surface area contributed by atoms with E-state index in [1.807, 2.05) is 23.7 Å². The normalized spacial score (nSPS) is 25.6. The van der Waals surface area contributed by atoms with Crippen molar-refractivity contribution in [3.8, 4) is 0 Å². The summed E-state index contributed by atoms with van der Waals surface area (Å²) in [6.45, 7) is 0. The van der Waals surface area contributed by atoms with E-state index in [2.05, 4.69) is 5.43 Å². The molecular weight excluding hydrogens is 136 g/mol. The van der Waals surface area contributed by atoms with Gasteiger partial charge in [-0.2, -0.15) is 0 Å². The van der Waals surface area contributed by atoms with Gasteiger partial charge in [-0.1, -0.05) is 11.8 Å². The fourth-order valence-corrected chi connectivity index (χ4v) is 1.41. The first-order chi connectivity index (χ1) is 4.38. The molecular formula is C5H10N2OS. The van der Waals surface area contributed by atoms with Crippen LogP contribution in [0.5, 0.6) is 0 Å². The lowest BCUT2D eigenvalue weighted by Crippen LogP contribution is -2.35. The number of hydrazine groups is 1. The van der Waals surface area contributed by atoms with Crippen LogP contribution in [0.2, 0.25) is 0 Å². The van der Waals surface area contributed by atoms with Crippen LogP contribution in [0, 0.1) is 0 Å². The van der Waals surface area contributed by atoms with Crippen molar-refractivity contribution in [1.82, 2.24) is 10.4 Å². The molecule has 1 aliphatic rings. The van der Waals surface area contributed by atoms with E-state index in [4.69, 9.17) is 4.74 Å². The van der Waals surface area contributed by atoms with E-state index in [1.165, 1.54) is 0 Å². The van der Waals surface area contributed by atoms with Gasteiger partial charge >= 0.3 is 0 Å². The second-order valence-corrected chi connectivity index (χ2v) is 2.54. The van der Waals surface area contributed by atoms with Crippen molar-refractivity contribution in [2.75, 3.05) is 14.2 Å². The Balaban J connectivity index is 2.39. The first-order valence-electron chi connectivity index (χ1n) is 2.69. The maximum Gasteiger partial charge on any atom is 0.195 e. The molecule has 0 aromatic heterocycles. The molecule has 0 aliphatic carbocycles. The lowest BCUT2D eigenvalue weighted by molar-refractivity contribution is 0.0445. The molecule has 0 amide bonds. The van der Waals surface area contributed by atoms with Gasteiger partial charge in [0.2, 0.25) is 0 Å². The minimum absolute atomic E-state index is 0.106. The number of hydrogen-bond donors (Lipinski definition) is 1. The van der Waals surface area contributed by atoms with Crippen LogP contribution < -0.4 is 5.43 Å². The highest BCUT2D eigenvalue weighted by Crippen LogP contribution is 2.22. The van der Waals surface area contributed by atoms with Gasteiger partial charge in [-0.15, -0.1) is 0 Å². The van der Waals surface area contributed by atoms with Crippen LogP contribution in [0.4, 0.5) is 0 Å². The number of nitrogens with zero attached hydrogens (tertiary/aromatic N) is 1. The van der Waals surface area contributed by atoms with Gasteiger partial charge < -0.3 is 4.74 Å². The highest BCUT2D eigenvalue weighted by atomic mass is 32.2. The molecule has 0 spiro atoms. The minimum atomic E-state index is 0.106. The van der Waals surface area contributed by atoms with Crippen LogP contribution in [0.3, 0.4) is 0 Å². The van der Waals surface area contributed by atoms with Crippen LogP contribution in [-0.2, 0) is 4.74 Å². The van der Waals surface area contributed by atoms with E-state index < -0.39 is 0 Å². The van der Waals surface area contributed by atoms with Gasteiger partial charge in [0, 0.05) is 20.4 Å². The predicted molar refractivity (Wildman–Crippen MR) is 38.4 cm³/mol. The Morgan fingerprint density at radius 3 is 3.00 bits per heavy atom. The Hall–Kier alpha value is -0.190. The Morgan fingerprint density at radius 1 is 1.78 bits per heavy atom. The fourth-order valence-electron chi connectivity index (χ4n) is 0.653. The lowest BCUT2D eigenvalue weighted by atomic mass is 10.9. The summed E-state index contributed by atoms with van der Waals surface area (Å²) in [4.78, 5) is 0. The average molecular weight is 146 g/mol. The van der Waals surface area contributed by atoms with Crippen molar-refractivity contribution in [2.45, 2.75) is 5.56 Å². The summed E-state index contributed by atoms with van der Waals surface area (Å²) in [5.41, 5.74) is 3.07. The molecule has 1 rings (SSSR count). The van der Waals surface area contributed by atoms with Crippen LogP contribution in [0.15, 0.2) is 11.6 Å². The van der Waals surface area contributed by atoms with E-state index in [1.54, 1.807) is 18.9 Å². The third kappa shape index (κ3) is 1.38. The van der Waals surface area contributed by atoms with Gasteiger partial charge in [0.25, 0.3) is 0 Å². The van der Waals surface area contributed by atoms with Gasteiger partial charge in [0.1, 0.15) is 0 Å². The third-order valence-electron chi connectivity index (χ3n) is 1.10. The molecule has 3 nitrogen and oxygen atoms in total. The quantitative estimate of drug-likeness (QED) is 0.615. The fraction of sp³-hybridized carbons (Fsp3) is 0.600. The molecule has 0 aromatic rings. The van der Waals surface area contributed by atoms with Gasteiger partial charge in [0.15, 0.2) is 5.56 Å². The molecule has 52 valence electrons. The number of ether oxygens (including phenoxy) is 1. The molecule has 1 aliphatic heterocycles. The van der Waals surface area contributed by atoms with Crippen LogP contribution in [0.1, 0.15) is 0 Å². The largest absolute Gasteiger partial charge is 0.351 e. The van der Waals surface area contributed by atoms with Crippen molar-refractivity contribution in [3.63, 3.8) is 0 Å². The van der Waals surface area contributed by atoms with E-state index in [0.29, 0.717) is 0 Å². The summed E-state index contributed by atoms with van der Waals surface area (Å²) in [5.74, 6) is 0. The van der Waals surface area contributed by atoms with E-state index in [0.717, 1.165) is 0 Å². The average Bonchev–Trinajstić information content (AvgIpc) is 2.33. The molecule has 0 aromatic carbocycles. The maximum absolute atomic E-state index is 5.08. The molecule has 0 saturated heterocycles. The van der Waals surface area contributed by atoms with Gasteiger partial charge in [-0.05, 0) is 5.41 Å². The van der Waals surface area contributed by atoms with Crippen molar-refractivity contribution in [3.05, 3.63) is 11.6 Å². The molecule has 1 atom stereocenters. The summed E-state index contributed by atoms with van der Waals surface area (Å²) in [6, 6.07) is 0. The number of rotatable bonds is 2. The van der Waals surface area contributed by atoms with Crippen molar-refractivity contribution >= 4 is 11.8 Å². The Morgan fingerprint density at radius 2 is 2.56 bits per heavy atom. The molecule has 9 heavy (non-hydrogen) atoms. The monoisotopic (exact) mass is 146 g/mol. The standard InChI is InChI=1S/C5H10N2OS/c1-6-7-3-4-9-5(7)8-2/h3-6H,1-2H3. The second kappa shape index (κ2) is 3.10. The summed E-state index contributed by atoms with van der Waals surface area (Å²) in [5, 5.41) is 3.88. The van der Waals surface area contributed by atoms with E-state index in [-0.39, 0.29) is 5.56 Å². The number of nitrogens with one attached hydrogen (secondary N) is 1. The van der Waals surface area contributed by atoms with Crippen molar-refractivity contribution in [2.24, 2.45) is 0 Å². The highest BCUT2D eigenvalue weighted by Gasteiger charge is 2.16. The highest BCUT2D eigenvalue weighted by molar-refractivity contribution is 8.02. The number of methoxy groups -OCH3 is 1. The smallest absolute Gasteiger partial charge is 0.195 e. The number of thioether (sulfide) groups is 1. The summed E-state index contributed by atoms with van der Waals surface area (Å²) in [7, 11) is 3.55. The zero-order valence-electron chi connectivity index (χ0n) is 5.50. The molecule has 0 fully saturated rings. The molecule has 1 unspecified atom stereocenters. The number of hydrogen-bond acceptors (Lipinski definition) is 4. The summed E-state index contributed by atoms with van der Waals surface area (Å²) >= 11 is 1.64. The Labute approximate surface area is 59.0 Å². The molecule has 4 heteroatoms. The maximum atomic E-state index is 5.08. The van der Waals surface area contributed by atoms with Crippen molar-refractivity contribution in [1.29, 1.82) is 0 Å². The molecule has 0 saturated carbocycles. The van der Waals surface area contributed by atoms with Gasteiger partial charge in [-0.25, -0.2) is 5.43 Å². The van der Waals surface area contributed by atoms with Crippen LogP contribution >= 0.6 is 11.8 Å².